The molecule has 0 unspecified atom stereocenters. The van der Waals surface area contributed by atoms with Gasteiger partial charge in [0.05, 0.1) is 6.61 Å². The molecule has 0 spiro atoms. The molecular formula is C19H20O5. The van der Waals surface area contributed by atoms with Gasteiger partial charge >= 0.3 is 11.9 Å². The third-order valence-electron chi connectivity index (χ3n) is 2.96. The second kappa shape index (κ2) is 9.84. The summed E-state index contributed by atoms with van der Waals surface area (Å²) in [6.45, 7) is 4.90. The predicted octanol–water partition coefficient (Wildman–Crippen LogP) is 3.44. The van der Waals surface area contributed by atoms with E-state index in [0.717, 1.165) is 5.56 Å². The van der Waals surface area contributed by atoms with Crippen LogP contribution in [0.4, 0.5) is 0 Å². The van der Waals surface area contributed by atoms with Gasteiger partial charge in [0, 0.05) is 12.0 Å². The number of aromatic hydroxyl groups is 1. The van der Waals surface area contributed by atoms with Crippen molar-refractivity contribution < 1.29 is 24.5 Å². The molecule has 0 radical (unpaired) electrons. The fourth-order valence-corrected chi connectivity index (χ4v) is 1.63. The van der Waals surface area contributed by atoms with Crippen molar-refractivity contribution >= 4 is 11.9 Å². The largest absolute Gasteiger partial charge is 0.507 e. The molecule has 2 aromatic rings. The van der Waals surface area contributed by atoms with Crippen LogP contribution in [0.3, 0.4) is 0 Å². The molecule has 0 saturated heterocycles. The molecule has 0 saturated carbocycles. The number of rotatable bonds is 5. The number of phenolic OH excluding ortho intramolecular Hbond substituents is 1. The lowest BCUT2D eigenvalue weighted by molar-refractivity contribution is -0.132. The smallest absolute Gasteiger partial charge is 0.341 e. The number of benzene rings is 2. The monoisotopic (exact) mass is 328 g/mol. The Hall–Kier alpha value is -3.08. The van der Waals surface area contributed by atoms with Crippen molar-refractivity contribution in [3.8, 4) is 5.75 Å². The number of hydrogen-bond donors (Lipinski definition) is 2. The highest BCUT2D eigenvalue weighted by molar-refractivity contribution is 5.92. The van der Waals surface area contributed by atoms with E-state index in [1.807, 2.05) is 30.3 Å². The van der Waals surface area contributed by atoms with Gasteiger partial charge in [0.2, 0.25) is 0 Å². The van der Waals surface area contributed by atoms with Crippen LogP contribution >= 0.6 is 0 Å². The van der Waals surface area contributed by atoms with Crippen molar-refractivity contribution in [3.63, 3.8) is 0 Å². The molecule has 2 N–H and O–H groups in total. The molecule has 0 aliphatic rings. The summed E-state index contributed by atoms with van der Waals surface area (Å²) in [5.74, 6) is -1.48. The van der Waals surface area contributed by atoms with Crippen LogP contribution in [-0.4, -0.2) is 28.8 Å². The van der Waals surface area contributed by atoms with Crippen molar-refractivity contribution in [3.05, 3.63) is 77.9 Å². The summed E-state index contributed by atoms with van der Waals surface area (Å²) in [5, 5.41) is 17.4. The predicted molar refractivity (Wildman–Crippen MR) is 91.0 cm³/mol. The minimum Gasteiger partial charge on any atom is -0.507 e. The molecule has 0 heterocycles. The first-order valence-electron chi connectivity index (χ1n) is 7.29. The summed E-state index contributed by atoms with van der Waals surface area (Å²) in [7, 11) is 0. The van der Waals surface area contributed by atoms with E-state index in [4.69, 9.17) is 9.84 Å². The van der Waals surface area contributed by atoms with E-state index in [1.165, 1.54) is 13.0 Å². The fraction of sp³-hybridized carbons (Fsp3) is 0.158. The Bertz CT molecular complexity index is 680. The van der Waals surface area contributed by atoms with E-state index < -0.39 is 11.9 Å². The zero-order chi connectivity index (χ0) is 17.9. The van der Waals surface area contributed by atoms with Gasteiger partial charge in [-0.15, -0.1) is 0 Å². The van der Waals surface area contributed by atoms with Crippen molar-refractivity contribution in [2.24, 2.45) is 0 Å². The summed E-state index contributed by atoms with van der Waals surface area (Å²) in [5.41, 5.74) is 1.49. The first-order chi connectivity index (χ1) is 11.4. The summed E-state index contributed by atoms with van der Waals surface area (Å²) in [6.07, 6.45) is 0.667. The van der Waals surface area contributed by atoms with Gasteiger partial charge in [-0.3, -0.25) is 0 Å². The van der Waals surface area contributed by atoms with E-state index in [9.17, 15) is 14.7 Å². The van der Waals surface area contributed by atoms with Crippen LogP contribution in [0.15, 0.2) is 66.7 Å². The molecule has 2 aromatic carbocycles. The Morgan fingerprint density at radius 1 is 1.04 bits per heavy atom. The Kier molecular flexibility index (Phi) is 7.78. The molecular weight excluding hydrogens is 308 g/mol. The number of carboxylic acid groups (broad SMARTS) is 1. The van der Waals surface area contributed by atoms with Gasteiger partial charge in [0.15, 0.2) is 0 Å². The van der Waals surface area contributed by atoms with Gasteiger partial charge in [0.1, 0.15) is 11.3 Å². The zero-order valence-electron chi connectivity index (χ0n) is 13.4. The summed E-state index contributed by atoms with van der Waals surface area (Å²) in [4.78, 5) is 21.3. The highest BCUT2D eigenvalue weighted by Gasteiger charge is 2.11. The number of hydrogen-bond acceptors (Lipinski definition) is 4. The molecule has 2 rings (SSSR count). The molecule has 0 amide bonds. The number of phenols is 1. The van der Waals surface area contributed by atoms with Crippen molar-refractivity contribution in [1.29, 1.82) is 0 Å². The molecule has 0 bridgehead atoms. The maximum Gasteiger partial charge on any atom is 0.341 e. The highest BCUT2D eigenvalue weighted by atomic mass is 16.5. The Labute approximate surface area is 140 Å². The number of ether oxygens (including phenoxy) is 1. The van der Waals surface area contributed by atoms with Gasteiger partial charge < -0.3 is 14.9 Å². The van der Waals surface area contributed by atoms with Crippen molar-refractivity contribution in [2.75, 3.05) is 6.61 Å². The number of carbonyl (C=O) groups is 2. The van der Waals surface area contributed by atoms with Gasteiger partial charge in [-0.1, -0.05) is 49.0 Å². The van der Waals surface area contributed by atoms with E-state index in [0.29, 0.717) is 13.0 Å². The van der Waals surface area contributed by atoms with E-state index >= 15 is 0 Å². The average Bonchev–Trinajstić information content (AvgIpc) is 2.56. The second-order valence-corrected chi connectivity index (χ2v) is 4.97. The number of carbonyl (C=O) groups excluding carboxylic acids is 1. The van der Waals surface area contributed by atoms with Crippen LogP contribution in [0.2, 0.25) is 0 Å². The molecule has 0 atom stereocenters. The highest BCUT2D eigenvalue weighted by Crippen LogP contribution is 2.16. The quantitative estimate of drug-likeness (QED) is 0.649. The van der Waals surface area contributed by atoms with Crippen LogP contribution in [0.5, 0.6) is 5.75 Å². The third kappa shape index (κ3) is 6.79. The lowest BCUT2D eigenvalue weighted by atomic mass is 10.2. The topological polar surface area (TPSA) is 83.8 Å². The number of carboxylic acids is 1. The normalized spacial score (nSPS) is 9.38. The number of esters is 1. The maximum atomic E-state index is 11.7. The Morgan fingerprint density at radius 3 is 2.12 bits per heavy atom. The van der Waals surface area contributed by atoms with Crippen LogP contribution in [-0.2, 0) is 16.0 Å². The molecule has 0 aliphatic carbocycles. The fourth-order valence-electron chi connectivity index (χ4n) is 1.63. The molecule has 0 aromatic heterocycles. The van der Waals surface area contributed by atoms with Crippen LogP contribution in [0.1, 0.15) is 22.8 Å². The van der Waals surface area contributed by atoms with Crippen molar-refractivity contribution in [2.45, 2.75) is 13.3 Å². The van der Waals surface area contributed by atoms with Crippen LogP contribution in [0, 0.1) is 0 Å². The summed E-state index contributed by atoms with van der Waals surface area (Å²) < 4.78 is 5.11. The van der Waals surface area contributed by atoms with E-state index in [2.05, 4.69) is 6.58 Å². The first kappa shape index (κ1) is 19.0. The van der Waals surface area contributed by atoms with Gasteiger partial charge in [-0.05, 0) is 24.6 Å². The summed E-state index contributed by atoms with van der Waals surface area (Å²) >= 11 is 0. The molecule has 126 valence electrons. The lowest BCUT2D eigenvalue weighted by Gasteiger charge is -2.06. The van der Waals surface area contributed by atoms with E-state index in [1.54, 1.807) is 18.2 Å². The molecule has 24 heavy (non-hydrogen) atoms. The van der Waals surface area contributed by atoms with Gasteiger partial charge in [-0.2, -0.15) is 0 Å². The Morgan fingerprint density at radius 2 is 1.58 bits per heavy atom. The van der Waals surface area contributed by atoms with Gasteiger partial charge in [0.25, 0.3) is 0 Å². The maximum absolute atomic E-state index is 11.7. The zero-order valence-corrected chi connectivity index (χ0v) is 13.4. The first-order valence-corrected chi connectivity index (χ1v) is 7.29. The lowest BCUT2D eigenvalue weighted by Crippen LogP contribution is -2.08. The minimum atomic E-state index is -0.935. The average molecular weight is 328 g/mol. The second-order valence-electron chi connectivity index (χ2n) is 4.97. The Balaban J connectivity index is 0.000000413. The molecule has 5 heteroatoms. The van der Waals surface area contributed by atoms with Crippen LogP contribution in [0.25, 0.3) is 0 Å². The van der Waals surface area contributed by atoms with Crippen molar-refractivity contribution in [1.82, 2.24) is 0 Å². The molecule has 0 fully saturated rings. The SMILES string of the molecule is C=C(C)C(=O)O.O=C(OCCc1ccccc1)c1ccccc1O. The molecule has 0 aliphatic heterocycles. The van der Waals surface area contributed by atoms with Crippen LogP contribution < -0.4 is 0 Å². The van der Waals surface area contributed by atoms with E-state index in [-0.39, 0.29) is 16.9 Å². The number of aliphatic carboxylic acids is 1. The minimum absolute atomic E-state index is 0.0535. The van der Waals surface area contributed by atoms with Gasteiger partial charge in [-0.25, -0.2) is 9.59 Å². The molecule has 5 nitrogen and oxygen atoms in total. The summed E-state index contributed by atoms with van der Waals surface area (Å²) in [6, 6.07) is 16.1. The number of para-hydroxylation sites is 1. The standard InChI is InChI=1S/C15H14O3.C4H6O2/c16-14-9-5-4-8-13(14)15(17)18-11-10-12-6-2-1-3-7-12;1-3(2)4(5)6/h1-9,16H,10-11H2;1H2,2H3,(H,5,6). The third-order valence-corrected chi connectivity index (χ3v) is 2.96.